The second-order valence-corrected chi connectivity index (χ2v) is 8.10. The fraction of sp³-hybridized carbons (Fsp3) is 0.444. The molecule has 0 saturated carbocycles. The second-order valence-electron chi connectivity index (χ2n) is 6.40. The predicted molar refractivity (Wildman–Crippen MR) is 98.1 cm³/mol. The van der Waals surface area contributed by atoms with E-state index in [-0.39, 0.29) is 29.5 Å². The number of hydrogen-bond acceptors (Lipinski definition) is 5. The Hall–Kier alpha value is -2.19. The third-order valence-corrected chi connectivity index (χ3v) is 5.66. The Labute approximate surface area is 154 Å². The van der Waals surface area contributed by atoms with Crippen molar-refractivity contribution in [1.82, 2.24) is 15.2 Å². The number of amides is 1. The maximum absolute atomic E-state index is 12.2. The van der Waals surface area contributed by atoms with Crippen molar-refractivity contribution in [3.63, 3.8) is 0 Å². The van der Waals surface area contributed by atoms with E-state index in [4.69, 9.17) is 4.52 Å². The quantitative estimate of drug-likeness (QED) is 0.693. The molecule has 1 atom stereocenters. The van der Waals surface area contributed by atoms with Crippen molar-refractivity contribution in [3.05, 3.63) is 47.3 Å². The van der Waals surface area contributed by atoms with Crippen molar-refractivity contribution >= 4 is 15.9 Å². The topological polar surface area (TPSA) is 101 Å². The van der Waals surface area contributed by atoms with Gasteiger partial charge in [0.1, 0.15) is 10.6 Å². The molecule has 0 spiro atoms. The van der Waals surface area contributed by atoms with Gasteiger partial charge in [-0.2, -0.15) is 0 Å². The molecule has 0 aliphatic rings. The van der Waals surface area contributed by atoms with Gasteiger partial charge in [0.05, 0.1) is 0 Å². The van der Waals surface area contributed by atoms with Crippen LogP contribution in [0.15, 0.2) is 39.8 Å². The average molecular weight is 379 g/mol. The van der Waals surface area contributed by atoms with Crippen LogP contribution in [0.2, 0.25) is 0 Å². The number of carbonyl (C=O) groups excluding carboxylic acids is 1. The molecule has 0 bridgehead atoms. The molecule has 1 aromatic heterocycles. The number of hydrogen-bond donors (Lipinski definition) is 2. The largest absolute Gasteiger partial charge is 0.360 e. The summed E-state index contributed by atoms with van der Waals surface area (Å²) in [7, 11) is -3.73. The van der Waals surface area contributed by atoms with E-state index in [1.165, 1.54) is 12.5 Å². The zero-order chi connectivity index (χ0) is 19.2. The molecule has 142 valence electrons. The van der Waals surface area contributed by atoms with Crippen LogP contribution in [0.25, 0.3) is 0 Å². The third-order valence-electron chi connectivity index (χ3n) is 3.96. The van der Waals surface area contributed by atoms with Crippen LogP contribution in [-0.2, 0) is 21.2 Å². The molecule has 0 radical (unpaired) electrons. The maximum atomic E-state index is 12.2. The predicted octanol–water partition coefficient (Wildman–Crippen LogP) is 1.95. The molecule has 2 rings (SSSR count). The van der Waals surface area contributed by atoms with Crippen molar-refractivity contribution in [1.29, 1.82) is 0 Å². The van der Waals surface area contributed by atoms with Crippen LogP contribution in [0, 0.1) is 19.8 Å². The number of carbonyl (C=O) groups is 1. The summed E-state index contributed by atoms with van der Waals surface area (Å²) in [6.45, 7) is 5.73. The first kappa shape index (κ1) is 20.1. The van der Waals surface area contributed by atoms with Crippen LogP contribution in [0.3, 0.4) is 0 Å². The van der Waals surface area contributed by atoms with Crippen molar-refractivity contribution in [2.45, 2.75) is 38.5 Å². The number of nitrogens with one attached hydrogen (secondary N) is 2. The molecule has 1 aromatic carbocycles. The van der Waals surface area contributed by atoms with E-state index in [0.29, 0.717) is 18.2 Å². The third kappa shape index (κ3) is 5.67. The minimum atomic E-state index is -3.73. The molecular weight excluding hydrogens is 354 g/mol. The Morgan fingerprint density at radius 1 is 1.23 bits per heavy atom. The van der Waals surface area contributed by atoms with Gasteiger partial charge in [0.2, 0.25) is 15.9 Å². The summed E-state index contributed by atoms with van der Waals surface area (Å²) in [6.07, 6.45) is 0.945. The molecule has 1 amide bonds. The van der Waals surface area contributed by atoms with E-state index in [2.05, 4.69) is 34.3 Å². The lowest BCUT2D eigenvalue weighted by Crippen LogP contribution is -2.33. The second kappa shape index (κ2) is 8.95. The highest BCUT2D eigenvalue weighted by Gasteiger charge is 2.23. The van der Waals surface area contributed by atoms with Gasteiger partial charge in [0, 0.05) is 19.5 Å². The molecule has 2 N–H and O–H groups in total. The number of aryl methyl sites for hydroxylation is 2. The summed E-state index contributed by atoms with van der Waals surface area (Å²) in [5.74, 6) is 0.334. The standard InChI is InChI=1S/C18H25N3O4S/c1-13(11-16-7-5-4-6-8-16)12-19-17(22)9-10-20-26(23,24)18-14(2)21-25-15(18)3/h4-8,13,20H,9-12H2,1-3H3,(H,19,22). The zero-order valence-electron chi connectivity index (χ0n) is 15.3. The highest BCUT2D eigenvalue weighted by Crippen LogP contribution is 2.18. The van der Waals surface area contributed by atoms with E-state index in [0.717, 1.165) is 6.42 Å². The molecule has 0 aliphatic heterocycles. The van der Waals surface area contributed by atoms with Gasteiger partial charge in [-0.1, -0.05) is 42.4 Å². The first-order valence-electron chi connectivity index (χ1n) is 8.52. The highest BCUT2D eigenvalue weighted by molar-refractivity contribution is 7.89. The molecule has 1 unspecified atom stereocenters. The van der Waals surface area contributed by atoms with Crippen LogP contribution in [0.4, 0.5) is 0 Å². The van der Waals surface area contributed by atoms with Crippen LogP contribution in [0.1, 0.15) is 30.4 Å². The van der Waals surface area contributed by atoms with Gasteiger partial charge < -0.3 is 9.84 Å². The maximum Gasteiger partial charge on any atom is 0.245 e. The van der Waals surface area contributed by atoms with Gasteiger partial charge in [-0.15, -0.1) is 0 Å². The number of nitrogens with zero attached hydrogens (tertiary/aromatic N) is 1. The summed E-state index contributed by atoms with van der Waals surface area (Å²) in [4.78, 5) is 12.0. The molecule has 26 heavy (non-hydrogen) atoms. The molecule has 8 heteroatoms. The van der Waals surface area contributed by atoms with Gasteiger partial charge in [-0.25, -0.2) is 13.1 Å². The monoisotopic (exact) mass is 379 g/mol. The van der Waals surface area contributed by atoms with E-state index in [1.54, 1.807) is 6.92 Å². The normalized spacial score (nSPS) is 12.7. The Morgan fingerprint density at radius 3 is 2.54 bits per heavy atom. The van der Waals surface area contributed by atoms with Crippen molar-refractivity contribution in [3.8, 4) is 0 Å². The molecule has 0 aliphatic carbocycles. The van der Waals surface area contributed by atoms with E-state index in [1.807, 2.05) is 18.2 Å². The van der Waals surface area contributed by atoms with Gasteiger partial charge in [-0.05, 0) is 31.7 Å². The Balaban J connectivity index is 1.73. The minimum Gasteiger partial charge on any atom is -0.360 e. The summed E-state index contributed by atoms with van der Waals surface area (Å²) in [5, 5.41) is 6.48. The highest BCUT2D eigenvalue weighted by atomic mass is 32.2. The Bertz CT molecular complexity index is 812. The number of aromatic nitrogens is 1. The van der Waals surface area contributed by atoms with Gasteiger partial charge in [-0.3, -0.25) is 4.79 Å². The Kier molecular flexibility index (Phi) is 6.93. The van der Waals surface area contributed by atoms with Crippen LogP contribution in [-0.4, -0.2) is 32.6 Å². The fourth-order valence-electron chi connectivity index (χ4n) is 2.69. The first-order chi connectivity index (χ1) is 12.3. The van der Waals surface area contributed by atoms with Crippen LogP contribution >= 0.6 is 0 Å². The molecule has 0 saturated heterocycles. The molecule has 0 fully saturated rings. The van der Waals surface area contributed by atoms with E-state index < -0.39 is 10.0 Å². The minimum absolute atomic E-state index is 0.0191. The van der Waals surface area contributed by atoms with Crippen LogP contribution < -0.4 is 10.0 Å². The lowest BCUT2D eigenvalue weighted by atomic mass is 10.0. The Morgan fingerprint density at radius 2 is 1.92 bits per heavy atom. The lowest BCUT2D eigenvalue weighted by molar-refractivity contribution is -0.121. The van der Waals surface area contributed by atoms with Crippen molar-refractivity contribution in [2.24, 2.45) is 5.92 Å². The van der Waals surface area contributed by atoms with E-state index in [9.17, 15) is 13.2 Å². The molecule has 7 nitrogen and oxygen atoms in total. The van der Waals surface area contributed by atoms with Gasteiger partial charge >= 0.3 is 0 Å². The zero-order valence-corrected chi connectivity index (χ0v) is 16.1. The van der Waals surface area contributed by atoms with Gasteiger partial charge in [0.25, 0.3) is 0 Å². The first-order valence-corrected chi connectivity index (χ1v) is 10.0. The van der Waals surface area contributed by atoms with E-state index >= 15 is 0 Å². The average Bonchev–Trinajstić information content (AvgIpc) is 2.93. The summed E-state index contributed by atoms with van der Waals surface area (Å²) >= 11 is 0. The summed E-state index contributed by atoms with van der Waals surface area (Å²) in [5.41, 5.74) is 1.52. The molecular formula is C18H25N3O4S. The molecule has 1 heterocycles. The lowest BCUT2D eigenvalue weighted by Gasteiger charge is -2.13. The summed E-state index contributed by atoms with van der Waals surface area (Å²) < 4.78 is 31.8. The fourth-order valence-corrected chi connectivity index (χ4v) is 4.05. The summed E-state index contributed by atoms with van der Waals surface area (Å²) in [6, 6.07) is 10.1. The SMILES string of the molecule is Cc1noc(C)c1S(=O)(=O)NCCC(=O)NCC(C)Cc1ccccc1. The number of benzene rings is 1. The van der Waals surface area contributed by atoms with Crippen LogP contribution in [0.5, 0.6) is 0 Å². The van der Waals surface area contributed by atoms with Crippen molar-refractivity contribution in [2.75, 3.05) is 13.1 Å². The van der Waals surface area contributed by atoms with Gasteiger partial charge in [0.15, 0.2) is 5.76 Å². The van der Waals surface area contributed by atoms with Crippen molar-refractivity contribution < 1.29 is 17.7 Å². The smallest absolute Gasteiger partial charge is 0.245 e. The number of sulfonamides is 1. The molecule has 2 aromatic rings. The number of rotatable bonds is 9.